The van der Waals surface area contributed by atoms with E-state index >= 15 is 0 Å². The van der Waals surface area contributed by atoms with E-state index in [0.29, 0.717) is 40.8 Å². The number of esters is 1. The number of nitrogens with one attached hydrogen (secondary N) is 1. The van der Waals surface area contributed by atoms with Crippen LogP contribution in [0.3, 0.4) is 0 Å². The van der Waals surface area contributed by atoms with Crippen LogP contribution in [-0.4, -0.2) is 43.4 Å². The van der Waals surface area contributed by atoms with E-state index < -0.39 is 12.2 Å². The number of halogens is 1. The third-order valence-corrected chi connectivity index (χ3v) is 7.31. The topological polar surface area (TPSA) is 78.9 Å². The standard InChI is InChI=1S/C25H25ClN2O5S2/c1-30-19-6-4-5-16(24(19)32-3)23-17-11-14(26)7-9-18(17)28-25(34)20(33-23)12-21-27-13-15(35-21)8-10-22(29)31-2/h4-7,9,11,13,20,23H,8,10,12H2,1-3H3,(H,28,34)/t20-,23-/m0/s1. The van der Waals surface area contributed by atoms with E-state index in [4.69, 9.17) is 42.8 Å². The first-order chi connectivity index (χ1) is 16.9. The molecule has 4 rings (SSSR count). The van der Waals surface area contributed by atoms with Crippen LogP contribution in [0.2, 0.25) is 5.02 Å². The zero-order valence-electron chi connectivity index (χ0n) is 19.5. The molecule has 0 spiro atoms. The first-order valence-corrected chi connectivity index (χ1v) is 12.5. The molecule has 35 heavy (non-hydrogen) atoms. The highest BCUT2D eigenvalue weighted by molar-refractivity contribution is 7.80. The second-order valence-corrected chi connectivity index (χ2v) is 9.88. The lowest BCUT2D eigenvalue weighted by molar-refractivity contribution is -0.140. The quantitative estimate of drug-likeness (QED) is 0.305. The molecule has 0 amide bonds. The fourth-order valence-corrected chi connectivity index (χ4v) is 5.30. The maximum absolute atomic E-state index is 11.5. The first kappa shape index (κ1) is 25.4. The van der Waals surface area contributed by atoms with Crippen molar-refractivity contribution in [2.75, 3.05) is 26.6 Å². The minimum Gasteiger partial charge on any atom is -0.493 e. The molecular weight excluding hydrogens is 508 g/mol. The molecule has 1 N–H and O–H groups in total. The van der Waals surface area contributed by atoms with Crippen molar-refractivity contribution in [3.05, 3.63) is 68.6 Å². The van der Waals surface area contributed by atoms with Crippen molar-refractivity contribution >= 4 is 51.8 Å². The Balaban J connectivity index is 1.67. The molecule has 3 aromatic rings. The molecule has 0 bridgehead atoms. The van der Waals surface area contributed by atoms with Crippen molar-refractivity contribution in [3.8, 4) is 11.5 Å². The van der Waals surface area contributed by atoms with E-state index in [1.54, 1.807) is 20.4 Å². The molecule has 10 heteroatoms. The first-order valence-electron chi connectivity index (χ1n) is 10.9. The molecule has 0 aliphatic carbocycles. The summed E-state index contributed by atoms with van der Waals surface area (Å²) in [6, 6.07) is 11.2. The lowest BCUT2D eigenvalue weighted by atomic mass is 9.98. The van der Waals surface area contributed by atoms with E-state index in [1.807, 2.05) is 36.4 Å². The highest BCUT2D eigenvalue weighted by atomic mass is 35.5. The number of aromatic nitrogens is 1. The Bertz CT molecular complexity index is 1230. The molecule has 2 heterocycles. The van der Waals surface area contributed by atoms with Crippen molar-refractivity contribution in [1.82, 2.24) is 4.98 Å². The van der Waals surface area contributed by atoms with Gasteiger partial charge in [0, 0.05) is 39.3 Å². The fourth-order valence-electron chi connectivity index (χ4n) is 3.92. The number of para-hydroxylation sites is 1. The number of hydrogen-bond donors (Lipinski definition) is 1. The second-order valence-electron chi connectivity index (χ2n) is 7.81. The smallest absolute Gasteiger partial charge is 0.305 e. The summed E-state index contributed by atoms with van der Waals surface area (Å²) in [6.07, 6.45) is 2.16. The molecule has 7 nitrogen and oxygen atoms in total. The Morgan fingerprint density at radius 3 is 2.77 bits per heavy atom. The van der Waals surface area contributed by atoms with Crippen molar-refractivity contribution in [2.45, 2.75) is 31.5 Å². The molecule has 0 saturated carbocycles. The highest BCUT2D eigenvalue weighted by Gasteiger charge is 2.33. The van der Waals surface area contributed by atoms with E-state index in [-0.39, 0.29) is 5.97 Å². The van der Waals surface area contributed by atoms with Gasteiger partial charge in [0.15, 0.2) is 11.5 Å². The van der Waals surface area contributed by atoms with Gasteiger partial charge in [-0.25, -0.2) is 4.98 Å². The van der Waals surface area contributed by atoms with Crippen molar-refractivity contribution in [1.29, 1.82) is 0 Å². The average Bonchev–Trinajstić information content (AvgIpc) is 3.27. The number of benzene rings is 2. The number of methoxy groups -OCH3 is 3. The summed E-state index contributed by atoms with van der Waals surface area (Å²) in [7, 11) is 4.58. The normalized spacial score (nSPS) is 17.2. The van der Waals surface area contributed by atoms with Crippen molar-refractivity contribution < 1.29 is 23.7 Å². The number of hydrogen-bond acceptors (Lipinski definition) is 8. The Morgan fingerprint density at radius 1 is 1.20 bits per heavy atom. The minimum absolute atomic E-state index is 0.246. The third-order valence-electron chi connectivity index (χ3n) is 5.63. The number of carbonyl (C=O) groups excluding carboxylic acids is 1. The molecule has 0 unspecified atom stereocenters. The van der Waals surface area contributed by atoms with E-state index in [0.717, 1.165) is 26.7 Å². The number of rotatable bonds is 8. The zero-order chi connectivity index (χ0) is 24.9. The number of aryl methyl sites for hydroxylation is 1. The molecule has 0 saturated heterocycles. The van der Waals surface area contributed by atoms with Gasteiger partial charge in [-0.3, -0.25) is 4.79 Å². The predicted octanol–water partition coefficient (Wildman–Crippen LogP) is 5.39. The van der Waals surface area contributed by atoms with Crippen LogP contribution in [0.1, 0.15) is 33.5 Å². The van der Waals surface area contributed by atoms with Crippen LogP contribution in [0.4, 0.5) is 5.69 Å². The second kappa shape index (κ2) is 11.3. The largest absolute Gasteiger partial charge is 0.493 e. The number of carbonyl (C=O) groups is 1. The molecule has 1 aromatic heterocycles. The Labute approximate surface area is 218 Å². The number of thiocarbonyl (C=S) groups is 1. The minimum atomic E-state index is -0.523. The lowest BCUT2D eigenvalue weighted by Crippen LogP contribution is -2.30. The Kier molecular flexibility index (Phi) is 8.22. The van der Waals surface area contributed by atoms with Crippen LogP contribution in [0, 0.1) is 0 Å². The van der Waals surface area contributed by atoms with Crippen LogP contribution < -0.4 is 14.8 Å². The summed E-state index contributed by atoms with van der Waals surface area (Å²) in [5.41, 5.74) is 2.45. The molecule has 0 fully saturated rings. The number of thiazole rings is 1. The Hall–Kier alpha value is -2.72. The monoisotopic (exact) mass is 532 g/mol. The van der Waals surface area contributed by atoms with Crippen LogP contribution in [0.25, 0.3) is 0 Å². The maximum Gasteiger partial charge on any atom is 0.305 e. The van der Waals surface area contributed by atoms with Gasteiger partial charge in [0.1, 0.15) is 17.2 Å². The summed E-state index contributed by atoms with van der Waals surface area (Å²) >= 11 is 13.6. The van der Waals surface area contributed by atoms with Gasteiger partial charge in [-0.05, 0) is 30.7 Å². The lowest BCUT2D eigenvalue weighted by Gasteiger charge is -2.24. The SMILES string of the molecule is COC(=O)CCc1cnc(C[C@@H]2O[C@@H](c3cccc(OC)c3OC)c3cc(Cl)ccc3NC2=S)s1. The van der Waals surface area contributed by atoms with Crippen LogP contribution in [-0.2, 0) is 27.1 Å². The third kappa shape index (κ3) is 5.75. The zero-order valence-corrected chi connectivity index (χ0v) is 21.9. The Morgan fingerprint density at radius 2 is 2.03 bits per heavy atom. The van der Waals surface area contributed by atoms with Crippen molar-refractivity contribution in [2.24, 2.45) is 0 Å². The summed E-state index contributed by atoms with van der Waals surface area (Å²) in [5, 5.41) is 4.78. The van der Waals surface area contributed by atoms with E-state index in [2.05, 4.69) is 10.3 Å². The average molecular weight is 533 g/mol. The van der Waals surface area contributed by atoms with Crippen molar-refractivity contribution in [3.63, 3.8) is 0 Å². The molecule has 2 aromatic carbocycles. The predicted molar refractivity (Wildman–Crippen MR) is 140 cm³/mol. The summed E-state index contributed by atoms with van der Waals surface area (Å²) in [5.74, 6) is 0.935. The van der Waals surface area contributed by atoms with Gasteiger partial charge in [0.2, 0.25) is 0 Å². The number of ether oxygens (including phenoxy) is 4. The molecule has 1 aliphatic rings. The number of nitrogens with zero attached hydrogens (tertiary/aromatic N) is 1. The molecule has 2 atom stereocenters. The number of anilines is 1. The molecule has 0 radical (unpaired) electrons. The molecular formula is C25H25ClN2O5S2. The van der Waals surface area contributed by atoms with Gasteiger partial charge in [-0.1, -0.05) is 36.0 Å². The van der Waals surface area contributed by atoms with E-state index in [9.17, 15) is 4.79 Å². The van der Waals surface area contributed by atoms with Crippen LogP contribution >= 0.6 is 35.2 Å². The fraction of sp³-hybridized carbons (Fsp3) is 0.320. The molecule has 184 valence electrons. The van der Waals surface area contributed by atoms with Crippen LogP contribution in [0.5, 0.6) is 11.5 Å². The van der Waals surface area contributed by atoms with E-state index in [1.165, 1.54) is 18.4 Å². The molecule has 1 aliphatic heterocycles. The summed E-state index contributed by atoms with van der Waals surface area (Å²) in [4.78, 5) is 17.6. The van der Waals surface area contributed by atoms with Gasteiger partial charge in [0.25, 0.3) is 0 Å². The van der Waals surface area contributed by atoms with Gasteiger partial charge >= 0.3 is 5.97 Å². The van der Waals surface area contributed by atoms with Gasteiger partial charge in [0.05, 0.1) is 32.8 Å². The van der Waals surface area contributed by atoms with Gasteiger partial charge < -0.3 is 24.3 Å². The van der Waals surface area contributed by atoms with Gasteiger partial charge in [-0.15, -0.1) is 11.3 Å². The summed E-state index contributed by atoms with van der Waals surface area (Å²) in [6.45, 7) is 0. The summed E-state index contributed by atoms with van der Waals surface area (Å²) < 4.78 is 22.6. The highest BCUT2D eigenvalue weighted by Crippen LogP contribution is 2.44. The van der Waals surface area contributed by atoms with Gasteiger partial charge in [-0.2, -0.15) is 0 Å². The number of fused-ring (bicyclic) bond motifs is 1. The maximum atomic E-state index is 11.5. The van der Waals surface area contributed by atoms with Crippen LogP contribution in [0.15, 0.2) is 42.6 Å².